The number of carbonyl (C=O) groups is 4. The lowest BCUT2D eigenvalue weighted by atomic mass is 9.79. The van der Waals surface area contributed by atoms with E-state index in [1.807, 2.05) is 0 Å². The molecule has 42 heavy (non-hydrogen) atoms. The first kappa shape index (κ1) is 33.3. The van der Waals surface area contributed by atoms with Gasteiger partial charge in [0.25, 0.3) is 0 Å². The molecule has 1 fully saturated rings. The number of methoxy groups -OCH3 is 1. The Morgan fingerprint density at radius 1 is 1.00 bits per heavy atom. The molecule has 14 heteroatoms. The molecular weight excluding hydrogens is 615 g/mol. The number of halogens is 3. The molecule has 0 unspecified atom stereocenters. The number of esters is 1. The summed E-state index contributed by atoms with van der Waals surface area (Å²) < 4.78 is 12.8. The molecule has 1 heterocycles. The van der Waals surface area contributed by atoms with Gasteiger partial charge in [0.05, 0.1) is 18.7 Å². The molecule has 0 radical (unpaired) electrons. The summed E-state index contributed by atoms with van der Waals surface area (Å²) in [4.78, 5) is 58.5. The monoisotopic (exact) mass is 644 g/mol. The number of carboxylic acid groups (broad SMARTS) is 1. The fourth-order valence-electron chi connectivity index (χ4n) is 4.52. The van der Waals surface area contributed by atoms with Crippen molar-refractivity contribution >= 4 is 58.9 Å². The van der Waals surface area contributed by atoms with Gasteiger partial charge in [-0.1, -0.05) is 42.5 Å². The summed E-state index contributed by atoms with van der Waals surface area (Å²) in [6.45, 7) is 4.45. The highest BCUT2D eigenvalue weighted by molar-refractivity contribution is 6.66. The van der Waals surface area contributed by atoms with Crippen molar-refractivity contribution in [1.82, 2.24) is 9.96 Å². The van der Waals surface area contributed by atoms with Crippen LogP contribution in [0.2, 0.25) is 0 Å². The number of piperidine rings is 1. The number of alkyl halides is 3. The Bertz CT molecular complexity index is 1280. The number of ether oxygens (including phenoxy) is 3. The van der Waals surface area contributed by atoms with Crippen molar-refractivity contribution < 1.29 is 43.3 Å². The van der Waals surface area contributed by atoms with E-state index < -0.39 is 45.3 Å². The third-order valence-corrected chi connectivity index (χ3v) is 6.60. The minimum atomic E-state index is -2.42. The van der Waals surface area contributed by atoms with Crippen LogP contribution in [0, 0.1) is 0 Å². The molecule has 3 rings (SSSR count). The molecule has 0 saturated carbocycles. The standard InChI is InChI=1S/C28H31Cl3N2O9/c1-26(2,3)41-24(37)32-16-21(33(25(38)42-28(29,30)31)40-17-18-8-6-5-7-9-18)14-15-27(32,23(35)36)20-12-10-19(11-13-20)22(34)39-4/h5-13,21H,14-17H2,1-4H3,(H,35,36)/t21-,27+/m1/s1. The summed E-state index contributed by atoms with van der Waals surface area (Å²) in [6.07, 6.45) is -2.28. The Morgan fingerprint density at radius 2 is 1.62 bits per heavy atom. The largest absolute Gasteiger partial charge is 0.479 e. The van der Waals surface area contributed by atoms with Crippen molar-refractivity contribution in [2.75, 3.05) is 13.7 Å². The molecular formula is C28H31Cl3N2O9. The number of hydrogen-bond acceptors (Lipinski definition) is 8. The van der Waals surface area contributed by atoms with Crippen molar-refractivity contribution in [2.45, 2.75) is 61.4 Å². The molecule has 1 N–H and O–H groups in total. The second kappa shape index (κ2) is 13.4. The van der Waals surface area contributed by atoms with Crippen LogP contribution in [-0.2, 0) is 36.0 Å². The predicted molar refractivity (Wildman–Crippen MR) is 153 cm³/mol. The number of amides is 2. The van der Waals surface area contributed by atoms with E-state index in [0.717, 1.165) is 9.96 Å². The van der Waals surface area contributed by atoms with Crippen LogP contribution < -0.4 is 0 Å². The highest BCUT2D eigenvalue weighted by atomic mass is 35.6. The molecule has 2 atom stereocenters. The zero-order valence-corrected chi connectivity index (χ0v) is 25.6. The number of hydrogen-bond donors (Lipinski definition) is 1. The number of aliphatic carboxylic acids is 1. The third-order valence-electron chi connectivity index (χ3n) is 6.37. The molecule has 11 nitrogen and oxygen atoms in total. The van der Waals surface area contributed by atoms with E-state index in [1.165, 1.54) is 31.4 Å². The van der Waals surface area contributed by atoms with E-state index in [-0.39, 0.29) is 37.1 Å². The summed E-state index contributed by atoms with van der Waals surface area (Å²) >= 11 is 17.1. The molecule has 2 amide bonds. The van der Waals surface area contributed by atoms with Crippen LogP contribution in [-0.4, -0.2) is 68.5 Å². The summed E-state index contributed by atoms with van der Waals surface area (Å²) in [6, 6.07) is 13.6. The van der Waals surface area contributed by atoms with Crippen molar-refractivity contribution in [1.29, 1.82) is 0 Å². The molecule has 0 aromatic heterocycles. The highest BCUT2D eigenvalue weighted by Crippen LogP contribution is 2.41. The summed E-state index contributed by atoms with van der Waals surface area (Å²) in [5.41, 5.74) is -1.82. The molecule has 0 aliphatic carbocycles. The predicted octanol–water partition coefficient (Wildman–Crippen LogP) is 6.05. The van der Waals surface area contributed by atoms with Gasteiger partial charge in [-0.2, -0.15) is 5.06 Å². The lowest BCUT2D eigenvalue weighted by Crippen LogP contribution is -2.63. The first-order valence-corrected chi connectivity index (χ1v) is 13.9. The van der Waals surface area contributed by atoms with Crippen LogP contribution >= 0.6 is 34.8 Å². The van der Waals surface area contributed by atoms with Crippen LogP contribution in [0.1, 0.15) is 55.1 Å². The average molecular weight is 646 g/mol. The number of nitrogens with zero attached hydrogens (tertiary/aromatic N) is 2. The average Bonchev–Trinajstić information content (AvgIpc) is 2.91. The first-order valence-electron chi connectivity index (χ1n) is 12.8. The highest BCUT2D eigenvalue weighted by Gasteiger charge is 2.54. The smallest absolute Gasteiger partial charge is 0.437 e. The maximum Gasteiger partial charge on any atom is 0.437 e. The molecule has 1 saturated heterocycles. The molecule has 0 bridgehead atoms. The van der Waals surface area contributed by atoms with Crippen molar-refractivity contribution in [3.05, 3.63) is 71.3 Å². The first-order chi connectivity index (χ1) is 19.6. The van der Waals surface area contributed by atoms with E-state index in [2.05, 4.69) is 0 Å². The minimum Gasteiger partial charge on any atom is -0.479 e. The Labute approximate surface area is 258 Å². The second-order valence-electron chi connectivity index (χ2n) is 10.4. The Kier molecular flexibility index (Phi) is 10.6. The number of likely N-dealkylation sites (tertiary alicyclic amines) is 1. The number of carboxylic acids is 1. The number of benzene rings is 2. The maximum absolute atomic E-state index is 13.6. The Morgan fingerprint density at radius 3 is 2.14 bits per heavy atom. The van der Waals surface area contributed by atoms with Crippen LogP contribution in [0.4, 0.5) is 9.59 Å². The van der Waals surface area contributed by atoms with Crippen molar-refractivity contribution in [3.8, 4) is 0 Å². The van der Waals surface area contributed by atoms with Gasteiger partial charge in [-0.05, 0) is 91.7 Å². The normalized spacial score (nSPS) is 19.0. The van der Waals surface area contributed by atoms with Crippen LogP contribution in [0.5, 0.6) is 0 Å². The van der Waals surface area contributed by atoms with Crippen molar-refractivity contribution in [2.24, 2.45) is 0 Å². The van der Waals surface area contributed by atoms with Gasteiger partial charge in [-0.25, -0.2) is 19.2 Å². The number of hydroxylamine groups is 2. The van der Waals surface area contributed by atoms with Gasteiger partial charge in [0.2, 0.25) is 0 Å². The SMILES string of the molecule is COC(=O)c1ccc([C@]2(C(=O)O)CC[C@@H](N(OCc3ccccc3)C(=O)OC(Cl)(Cl)Cl)CN2C(=O)OC(C)(C)C)cc1. The van der Waals surface area contributed by atoms with E-state index >= 15 is 0 Å². The lowest BCUT2D eigenvalue weighted by molar-refractivity contribution is -0.191. The Hall–Kier alpha value is -3.25. The summed E-state index contributed by atoms with van der Waals surface area (Å²) in [7, 11) is 1.22. The van der Waals surface area contributed by atoms with Gasteiger partial charge in [0, 0.05) is 6.54 Å². The zero-order chi connectivity index (χ0) is 31.3. The molecule has 228 valence electrons. The minimum absolute atomic E-state index is 0.0219. The lowest BCUT2D eigenvalue weighted by Gasteiger charge is -2.48. The van der Waals surface area contributed by atoms with Gasteiger partial charge in [-0.15, -0.1) is 0 Å². The number of carbonyl (C=O) groups excluding carboxylic acids is 3. The molecule has 0 spiro atoms. The van der Waals surface area contributed by atoms with E-state index in [0.29, 0.717) is 5.56 Å². The van der Waals surface area contributed by atoms with Gasteiger partial charge in [0.1, 0.15) is 12.2 Å². The molecule has 2 aromatic rings. The van der Waals surface area contributed by atoms with Gasteiger partial charge in [0.15, 0.2) is 5.54 Å². The van der Waals surface area contributed by atoms with E-state index in [4.69, 9.17) is 53.9 Å². The maximum atomic E-state index is 13.6. The molecule has 1 aliphatic heterocycles. The fraction of sp³-hybridized carbons (Fsp3) is 0.429. The van der Waals surface area contributed by atoms with Crippen molar-refractivity contribution in [3.63, 3.8) is 0 Å². The topological polar surface area (TPSA) is 132 Å². The van der Waals surface area contributed by atoms with E-state index in [9.17, 15) is 24.3 Å². The van der Waals surface area contributed by atoms with Crippen LogP contribution in [0.25, 0.3) is 0 Å². The van der Waals surface area contributed by atoms with Crippen LogP contribution in [0.3, 0.4) is 0 Å². The fourth-order valence-corrected chi connectivity index (χ4v) is 4.72. The van der Waals surface area contributed by atoms with Gasteiger partial charge in [-0.3, -0.25) is 9.74 Å². The van der Waals surface area contributed by atoms with E-state index in [1.54, 1.807) is 51.1 Å². The van der Waals surface area contributed by atoms with Gasteiger partial charge >= 0.3 is 28.1 Å². The quantitative estimate of drug-likeness (QED) is 0.165. The zero-order valence-electron chi connectivity index (χ0n) is 23.3. The summed E-state index contributed by atoms with van der Waals surface area (Å²) in [5.74, 6) is -1.96. The Balaban J connectivity index is 2.04. The van der Waals surface area contributed by atoms with Gasteiger partial charge < -0.3 is 19.3 Å². The third kappa shape index (κ3) is 8.19. The summed E-state index contributed by atoms with van der Waals surface area (Å²) in [5, 5.41) is 11.4. The number of rotatable bonds is 7. The van der Waals surface area contributed by atoms with Crippen LogP contribution in [0.15, 0.2) is 54.6 Å². The molecule has 1 aliphatic rings. The second-order valence-corrected chi connectivity index (χ2v) is 12.6. The molecule has 2 aromatic carbocycles.